The van der Waals surface area contributed by atoms with E-state index in [9.17, 15) is 24.0 Å². The number of carbonyl (C=O) groups is 5. The molecule has 0 aromatic heterocycles. The SMILES string of the molecule is CCC(=O)OCC(=O)[C@@]1(OC(=O)OC)CC[C@H]2[C@@H]3CCC4=CC(=O)C=C[C@]4(C)[C@H]3C(=O)C[C@@]21C. The lowest BCUT2D eigenvalue weighted by molar-refractivity contribution is -0.175. The average Bonchev–Trinajstić information content (AvgIpc) is 3.09. The molecule has 0 radical (unpaired) electrons. The molecule has 4 aliphatic carbocycles. The van der Waals surface area contributed by atoms with Crippen LogP contribution < -0.4 is 0 Å². The predicted molar refractivity (Wildman–Crippen MR) is 119 cm³/mol. The Kier molecular flexibility index (Phi) is 6.07. The molecule has 6 atom stereocenters. The number of carbonyl (C=O) groups excluding carboxylic acids is 5. The van der Waals surface area contributed by atoms with Crippen LogP contribution in [0.3, 0.4) is 0 Å². The van der Waals surface area contributed by atoms with Gasteiger partial charge in [-0.1, -0.05) is 32.4 Å². The fourth-order valence-electron chi connectivity index (χ4n) is 7.25. The highest BCUT2D eigenvalue weighted by Gasteiger charge is 2.70. The topological polar surface area (TPSA) is 113 Å². The fraction of sp³-hybridized carbons (Fsp3) is 0.654. The second-order valence-electron chi connectivity index (χ2n) is 10.4. The number of allylic oxidation sites excluding steroid dienone is 4. The molecule has 0 aliphatic heterocycles. The molecule has 0 spiro atoms. The van der Waals surface area contributed by atoms with Gasteiger partial charge >= 0.3 is 12.1 Å². The highest BCUT2D eigenvalue weighted by molar-refractivity contribution is 6.02. The van der Waals surface area contributed by atoms with Gasteiger partial charge < -0.3 is 14.2 Å². The molecule has 184 valence electrons. The highest BCUT2D eigenvalue weighted by atomic mass is 16.7. The number of Topliss-reactive ketones (excluding diaryl/α,β-unsaturated/α-hetero) is 2. The number of fused-ring (bicyclic) bond motifs is 5. The number of esters is 1. The van der Waals surface area contributed by atoms with Gasteiger partial charge in [0.05, 0.1) is 7.11 Å². The lowest BCUT2D eigenvalue weighted by Crippen LogP contribution is -2.62. The highest BCUT2D eigenvalue weighted by Crippen LogP contribution is 2.67. The molecular formula is C26H32O8. The molecule has 8 heteroatoms. The van der Waals surface area contributed by atoms with Crippen molar-refractivity contribution in [1.82, 2.24) is 0 Å². The van der Waals surface area contributed by atoms with Gasteiger partial charge in [0.2, 0.25) is 5.78 Å². The van der Waals surface area contributed by atoms with E-state index in [2.05, 4.69) is 0 Å². The van der Waals surface area contributed by atoms with Crippen molar-refractivity contribution in [2.75, 3.05) is 13.7 Å². The van der Waals surface area contributed by atoms with Crippen molar-refractivity contribution in [2.24, 2.45) is 28.6 Å². The number of ketones is 3. The van der Waals surface area contributed by atoms with Crippen LogP contribution in [-0.2, 0) is 33.4 Å². The summed E-state index contributed by atoms with van der Waals surface area (Å²) in [7, 11) is 1.17. The zero-order valence-corrected chi connectivity index (χ0v) is 20.2. The summed E-state index contributed by atoms with van der Waals surface area (Å²) in [5.41, 5.74) is -2.13. The molecule has 0 N–H and O–H groups in total. The standard InChI is InChI=1S/C26H32O8/c1-5-21(30)33-14-20(29)26(34-23(31)32-4)11-9-18-17-7-6-15-12-16(27)8-10-24(15,2)22(17)19(28)13-25(18,26)3/h8,10,12,17-18,22H,5-7,9,11,13-14H2,1-4H3/t17-,18-,22+,24-,25-,26-/m0/s1. The quantitative estimate of drug-likeness (QED) is 0.559. The third-order valence-electron chi connectivity index (χ3n) is 8.90. The third kappa shape index (κ3) is 3.45. The molecule has 0 heterocycles. The zero-order chi connectivity index (χ0) is 24.9. The summed E-state index contributed by atoms with van der Waals surface area (Å²) in [6.07, 6.45) is 6.46. The minimum Gasteiger partial charge on any atom is -0.457 e. The molecule has 0 bridgehead atoms. The molecule has 4 aliphatic rings. The van der Waals surface area contributed by atoms with Crippen LogP contribution in [0.5, 0.6) is 0 Å². The van der Waals surface area contributed by atoms with E-state index < -0.39 is 40.9 Å². The number of hydrogen-bond donors (Lipinski definition) is 0. The lowest BCUT2D eigenvalue weighted by atomic mass is 9.46. The average molecular weight is 473 g/mol. The van der Waals surface area contributed by atoms with Gasteiger partial charge in [-0.25, -0.2) is 4.79 Å². The summed E-state index contributed by atoms with van der Waals surface area (Å²) in [6.45, 7) is 4.96. The van der Waals surface area contributed by atoms with E-state index in [1.165, 1.54) is 13.2 Å². The Labute approximate surface area is 199 Å². The van der Waals surface area contributed by atoms with Gasteiger partial charge in [0.1, 0.15) is 5.78 Å². The molecule has 8 nitrogen and oxygen atoms in total. The van der Waals surface area contributed by atoms with Gasteiger partial charge in [-0.05, 0) is 49.7 Å². The van der Waals surface area contributed by atoms with Crippen molar-refractivity contribution in [3.05, 3.63) is 23.8 Å². The van der Waals surface area contributed by atoms with E-state index in [0.29, 0.717) is 19.3 Å². The van der Waals surface area contributed by atoms with E-state index in [4.69, 9.17) is 14.2 Å². The van der Waals surface area contributed by atoms with E-state index >= 15 is 0 Å². The van der Waals surface area contributed by atoms with Crippen LogP contribution in [0.15, 0.2) is 23.8 Å². The van der Waals surface area contributed by atoms with Gasteiger partial charge in [-0.2, -0.15) is 0 Å². The minimum absolute atomic E-state index is 0.00561. The third-order valence-corrected chi connectivity index (χ3v) is 8.90. The number of methoxy groups -OCH3 is 1. The number of rotatable bonds is 5. The Morgan fingerprint density at radius 2 is 1.88 bits per heavy atom. The molecule has 0 unspecified atom stereocenters. The first-order valence-electron chi connectivity index (χ1n) is 11.9. The molecule has 4 rings (SSSR count). The summed E-state index contributed by atoms with van der Waals surface area (Å²) >= 11 is 0. The Balaban J connectivity index is 1.72. The van der Waals surface area contributed by atoms with E-state index in [1.807, 2.05) is 19.9 Å². The van der Waals surface area contributed by atoms with Crippen LogP contribution in [-0.4, -0.2) is 48.8 Å². The first-order valence-corrected chi connectivity index (χ1v) is 11.9. The van der Waals surface area contributed by atoms with E-state index in [-0.39, 0.29) is 48.6 Å². The van der Waals surface area contributed by atoms with E-state index in [0.717, 1.165) is 5.57 Å². The summed E-state index contributed by atoms with van der Waals surface area (Å²) in [6, 6.07) is 0. The zero-order valence-electron chi connectivity index (χ0n) is 20.2. The molecule has 0 amide bonds. The van der Waals surface area contributed by atoms with Crippen LogP contribution in [0.4, 0.5) is 4.79 Å². The monoisotopic (exact) mass is 472 g/mol. The van der Waals surface area contributed by atoms with Crippen molar-refractivity contribution >= 4 is 29.5 Å². The smallest absolute Gasteiger partial charge is 0.457 e. The van der Waals surface area contributed by atoms with Crippen molar-refractivity contribution in [3.8, 4) is 0 Å². The molecule has 0 aromatic carbocycles. The first-order chi connectivity index (χ1) is 16.0. The predicted octanol–water partition coefficient (Wildman–Crippen LogP) is 3.52. The maximum absolute atomic E-state index is 13.8. The second kappa shape index (κ2) is 8.47. The molecular weight excluding hydrogens is 440 g/mol. The molecule has 3 saturated carbocycles. The lowest BCUT2D eigenvalue weighted by Gasteiger charge is -2.57. The normalized spacial score (nSPS) is 38.2. The van der Waals surface area contributed by atoms with Crippen LogP contribution >= 0.6 is 0 Å². The Hall–Kier alpha value is -2.77. The van der Waals surface area contributed by atoms with Crippen LogP contribution in [0.25, 0.3) is 0 Å². The van der Waals surface area contributed by atoms with Crippen LogP contribution in [0, 0.1) is 28.6 Å². The van der Waals surface area contributed by atoms with Crippen molar-refractivity contribution in [3.63, 3.8) is 0 Å². The van der Waals surface area contributed by atoms with Gasteiger partial charge in [-0.3, -0.25) is 19.2 Å². The van der Waals surface area contributed by atoms with E-state index in [1.54, 1.807) is 13.0 Å². The van der Waals surface area contributed by atoms with Crippen LogP contribution in [0.1, 0.15) is 59.3 Å². The number of ether oxygens (including phenoxy) is 3. The largest absolute Gasteiger partial charge is 0.509 e. The van der Waals surface area contributed by atoms with Crippen LogP contribution in [0.2, 0.25) is 0 Å². The Morgan fingerprint density at radius 3 is 2.56 bits per heavy atom. The minimum atomic E-state index is -1.62. The van der Waals surface area contributed by atoms with Gasteiger partial charge in [0.15, 0.2) is 18.0 Å². The first kappa shape index (κ1) is 24.4. The molecule has 0 saturated heterocycles. The number of hydrogen-bond acceptors (Lipinski definition) is 8. The fourth-order valence-corrected chi connectivity index (χ4v) is 7.25. The van der Waals surface area contributed by atoms with Gasteiger partial charge in [0.25, 0.3) is 0 Å². The van der Waals surface area contributed by atoms with Crippen molar-refractivity contribution < 1.29 is 38.2 Å². The summed E-state index contributed by atoms with van der Waals surface area (Å²) in [5, 5.41) is 0. The maximum atomic E-state index is 13.8. The van der Waals surface area contributed by atoms with Crippen molar-refractivity contribution in [2.45, 2.75) is 64.9 Å². The summed E-state index contributed by atoms with van der Waals surface area (Å²) in [5.74, 6) is -1.51. The Morgan fingerprint density at radius 1 is 1.15 bits per heavy atom. The molecule has 0 aromatic rings. The van der Waals surface area contributed by atoms with Gasteiger partial charge in [0, 0.05) is 29.6 Å². The van der Waals surface area contributed by atoms with Crippen molar-refractivity contribution in [1.29, 1.82) is 0 Å². The summed E-state index contributed by atoms with van der Waals surface area (Å²) in [4.78, 5) is 63.3. The maximum Gasteiger partial charge on any atom is 0.509 e. The summed E-state index contributed by atoms with van der Waals surface area (Å²) < 4.78 is 15.5. The second-order valence-corrected chi connectivity index (χ2v) is 10.4. The molecule has 34 heavy (non-hydrogen) atoms. The Bertz CT molecular complexity index is 1010. The van der Waals surface area contributed by atoms with Gasteiger partial charge in [-0.15, -0.1) is 0 Å². The molecule has 3 fully saturated rings.